The first-order valence-corrected chi connectivity index (χ1v) is 6.34. The summed E-state index contributed by atoms with van der Waals surface area (Å²) in [4.78, 5) is 4.99. The van der Waals surface area contributed by atoms with Crippen LogP contribution in [0.5, 0.6) is 0 Å². The summed E-state index contributed by atoms with van der Waals surface area (Å²) in [5.41, 5.74) is 1.28. The van der Waals surface area contributed by atoms with Crippen molar-refractivity contribution >= 4 is 22.2 Å². The average Bonchev–Trinajstić information content (AvgIpc) is 2.87. The van der Waals surface area contributed by atoms with Crippen molar-refractivity contribution in [1.82, 2.24) is 4.98 Å². The maximum Gasteiger partial charge on any atom is 0.153 e. The standard InChI is InChI=1S/C14H9F2NS/c1-8-10-5-4-9(15)7-11(10)17-14(13(8)16)12-3-2-6-18-12/h2-7H,1H3. The molecule has 3 aromatic rings. The number of benzene rings is 1. The maximum atomic E-state index is 14.2. The van der Waals surface area contributed by atoms with Crippen molar-refractivity contribution in [1.29, 1.82) is 0 Å². The Morgan fingerprint density at radius 3 is 2.72 bits per heavy atom. The van der Waals surface area contributed by atoms with E-state index >= 15 is 0 Å². The summed E-state index contributed by atoms with van der Waals surface area (Å²) in [6.07, 6.45) is 0. The Balaban J connectivity index is 2.37. The van der Waals surface area contributed by atoms with Crippen LogP contribution in [0.3, 0.4) is 0 Å². The van der Waals surface area contributed by atoms with Crippen molar-refractivity contribution in [2.75, 3.05) is 0 Å². The Kier molecular flexibility index (Phi) is 2.59. The summed E-state index contributed by atoms with van der Waals surface area (Å²) in [5, 5.41) is 2.51. The second-order valence-corrected chi connectivity index (χ2v) is 4.99. The summed E-state index contributed by atoms with van der Waals surface area (Å²) < 4.78 is 27.5. The molecule has 0 unspecified atom stereocenters. The molecule has 18 heavy (non-hydrogen) atoms. The lowest BCUT2D eigenvalue weighted by Crippen LogP contribution is -1.94. The minimum absolute atomic E-state index is 0.292. The van der Waals surface area contributed by atoms with Crippen molar-refractivity contribution in [2.45, 2.75) is 6.92 Å². The van der Waals surface area contributed by atoms with E-state index < -0.39 is 0 Å². The van der Waals surface area contributed by atoms with E-state index in [1.165, 1.54) is 23.5 Å². The highest BCUT2D eigenvalue weighted by molar-refractivity contribution is 7.13. The molecule has 0 bridgehead atoms. The fraction of sp³-hybridized carbons (Fsp3) is 0.0714. The zero-order valence-corrected chi connectivity index (χ0v) is 10.4. The predicted molar refractivity (Wildman–Crippen MR) is 69.7 cm³/mol. The molecule has 1 aromatic carbocycles. The van der Waals surface area contributed by atoms with Crippen LogP contribution in [0.4, 0.5) is 8.78 Å². The Bertz CT molecular complexity index is 720. The van der Waals surface area contributed by atoms with Gasteiger partial charge in [0.1, 0.15) is 11.5 Å². The molecular weight excluding hydrogens is 252 g/mol. The number of hydrogen-bond donors (Lipinski definition) is 0. The first-order valence-electron chi connectivity index (χ1n) is 5.46. The number of hydrogen-bond acceptors (Lipinski definition) is 2. The molecule has 0 radical (unpaired) electrons. The lowest BCUT2D eigenvalue weighted by Gasteiger charge is -2.07. The van der Waals surface area contributed by atoms with Crippen molar-refractivity contribution < 1.29 is 8.78 Å². The van der Waals surface area contributed by atoms with Crippen LogP contribution in [-0.2, 0) is 0 Å². The molecule has 0 aliphatic rings. The molecule has 4 heteroatoms. The van der Waals surface area contributed by atoms with Gasteiger partial charge in [0.2, 0.25) is 0 Å². The Labute approximate surface area is 107 Å². The van der Waals surface area contributed by atoms with Crippen molar-refractivity contribution in [3.63, 3.8) is 0 Å². The third-order valence-corrected chi connectivity index (χ3v) is 3.76. The number of rotatable bonds is 1. The number of halogens is 2. The van der Waals surface area contributed by atoms with Gasteiger partial charge in [-0.1, -0.05) is 6.07 Å². The van der Waals surface area contributed by atoms with E-state index in [1.54, 1.807) is 19.1 Å². The number of aromatic nitrogens is 1. The van der Waals surface area contributed by atoms with E-state index in [-0.39, 0.29) is 11.6 Å². The molecular formula is C14H9F2NS. The Morgan fingerprint density at radius 1 is 1.17 bits per heavy atom. The van der Waals surface area contributed by atoms with Gasteiger partial charge in [-0.05, 0) is 36.1 Å². The zero-order valence-electron chi connectivity index (χ0n) is 9.58. The fourth-order valence-electron chi connectivity index (χ4n) is 1.96. The average molecular weight is 261 g/mol. The van der Waals surface area contributed by atoms with Crippen LogP contribution in [0.1, 0.15) is 5.56 Å². The van der Waals surface area contributed by atoms with Crippen LogP contribution in [0.15, 0.2) is 35.7 Å². The topological polar surface area (TPSA) is 12.9 Å². The van der Waals surface area contributed by atoms with Crippen LogP contribution in [-0.4, -0.2) is 4.98 Å². The van der Waals surface area contributed by atoms with Gasteiger partial charge in [-0.25, -0.2) is 13.8 Å². The highest BCUT2D eigenvalue weighted by Crippen LogP contribution is 2.31. The smallest absolute Gasteiger partial charge is 0.153 e. The molecule has 0 aliphatic carbocycles. The van der Waals surface area contributed by atoms with E-state index in [0.29, 0.717) is 22.2 Å². The number of fused-ring (bicyclic) bond motifs is 1. The van der Waals surface area contributed by atoms with Gasteiger partial charge in [0.25, 0.3) is 0 Å². The summed E-state index contributed by atoms with van der Waals surface area (Å²) in [6.45, 7) is 1.69. The van der Waals surface area contributed by atoms with E-state index in [9.17, 15) is 8.78 Å². The molecule has 2 heterocycles. The molecule has 0 saturated heterocycles. The van der Waals surface area contributed by atoms with E-state index in [4.69, 9.17) is 0 Å². The maximum absolute atomic E-state index is 14.2. The SMILES string of the molecule is Cc1c(F)c(-c2cccs2)nc2cc(F)ccc12. The van der Waals surface area contributed by atoms with Gasteiger partial charge in [-0.2, -0.15) is 0 Å². The van der Waals surface area contributed by atoms with Crippen molar-refractivity contribution in [3.8, 4) is 10.6 Å². The number of pyridine rings is 1. The summed E-state index contributed by atoms with van der Waals surface area (Å²) >= 11 is 1.42. The summed E-state index contributed by atoms with van der Waals surface area (Å²) in [5.74, 6) is -0.699. The van der Waals surface area contributed by atoms with Crippen LogP contribution in [0, 0.1) is 18.6 Å². The number of nitrogens with zero attached hydrogens (tertiary/aromatic N) is 1. The normalized spacial score (nSPS) is 11.1. The van der Waals surface area contributed by atoms with Gasteiger partial charge < -0.3 is 0 Å². The third-order valence-electron chi connectivity index (χ3n) is 2.89. The van der Waals surface area contributed by atoms with E-state index in [0.717, 1.165) is 4.88 Å². The predicted octanol–water partition coefficient (Wildman–Crippen LogP) is 4.55. The van der Waals surface area contributed by atoms with Crippen molar-refractivity contribution in [3.05, 3.63) is 52.9 Å². The molecule has 90 valence electrons. The van der Waals surface area contributed by atoms with Crippen LogP contribution in [0.25, 0.3) is 21.5 Å². The second-order valence-electron chi connectivity index (χ2n) is 4.04. The number of thiophene rings is 1. The number of aryl methyl sites for hydroxylation is 1. The molecule has 0 spiro atoms. The van der Waals surface area contributed by atoms with E-state index in [1.807, 2.05) is 11.4 Å². The summed E-state index contributed by atoms with van der Waals surface area (Å²) in [7, 11) is 0. The zero-order chi connectivity index (χ0) is 12.7. The molecule has 0 saturated carbocycles. The second kappa shape index (κ2) is 4.14. The molecule has 0 fully saturated rings. The fourth-order valence-corrected chi connectivity index (χ4v) is 2.66. The third kappa shape index (κ3) is 1.69. The Morgan fingerprint density at radius 2 is 2.00 bits per heavy atom. The Hall–Kier alpha value is -1.81. The molecule has 0 atom stereocenters. The van der Waals surface area contributed by atoms with Gasteiger partial charge in [-0.3, -0.25) is 0 Å². The van der Waals surface area contributed by atoms with Crippen LogP contribution in [0.2, 0.25) is 0 Å². The van der Waals surface area contributed by atoms with Gasteiger partial charge in [0, 0.05) is 11.5 Å². The van der Waals surface area contributed by atoms with Gasteiger partial charge >= 0.3 is 0 Å². The highest BCUT2D eigenvalue weighted by atomic mass is 32.1. The lowest BCUT2D eigenvalue weighted by molar-refractivity contribution is 0.618. The first-order chi connectivity index (χ1) is 8.66. The minimum atomic E-state index is -0.363. The van der Waals surface area contributed by atoms with Gasteiger partial charge in [0.15, 0.2) is 5.82 Å². The molecule has 0 N–H and O–H groups in total. The van der Waals surface area contributed by atoms with Gasteiger partial charge in [-0.15, -0.1) is 11.3 Å². The first kappa shape index (κ1) is 11.3. The largest absolute Gasteiger partial charge is 0.244 e. The van der Waals surface area contributed by atoms with Crippen LogP contribution >= 0.6 is 11.3 Å². The lowest BCUT2D eigenvalue weighted by atomic mass is 10.1. The molecule has 0 amide bonds. The highest BCUT2D eigenvalue weighted by Gasteiger charge is 2.14. The quantitative estimate of drug-likeness (QED) is 0.626. The molecule has 1 nitrogen and oxygen atoms in total. The monoisotopic (exact) mass is 261 g/mol. The molecule has 3 rings (SSSR count). The molecule has 0 aliphatic heterocycles. The summed E-state index contributed by atoms with van der Waals surface area (Å²) in [6, 6.07) is 7.86. The van der Waals surface area contributed by atoms with E-state index in [2.05, 4.69) is 4.98 Å². The van der Waals surface area contributed by atoms with Crippen molar-refractivity contribution in [2.24, 2.45) is 0 Å². The van der Waals surface area contributed by atoms with Crippen LogP contribution < -0.4 is 0 Å². The minimum Gasteiger partial charge on any atom is -0.244 e. The van der Waals surface area contributed by atoms with Gasteiger partial charge in [0.05, 0.1) is 10.4 Å². The molecule has 2 aromatic heterocycles.